The Morgan fingerprint density at radius 1 is 1.00 bits per heavy atom. The summed E-state index contributed by atoms with van der Waals surface area (Å²) in [6.45, 7) is 0. The van der Waals surface area contributed by atoms with E-state index in [1.54, 1.807) is 12.1 Å². The van der Waals surface area contributed by atoms with E-state index in [9.17, 15) is 4.79 Å². The number of fused-ring (bicyclic) bond motifs is 1. The molecule has 2 nitrogen and oxygen atoms in total. The Bertz CT molecular complexity index is 897. The molecule has 0 spiro atoms. The third kappa shape index (κ3) is 3.79. The molecule has 0 heterocycles. The minimum Gasteiger partial charge on any atom is -0.478 e. The lowest BCUT2D eigenvalue weighted by Gasteiger charge is -2.08. The van der Waals surface area contributed by atoms with Crippen molar-refractivity contribution in [2.75, 3.05) is 0 Å². The maximum Gasteiger partial charge on any atom is 0.328 e. The first-order chi connectivity index (χ1) is 11.1. The molecule has 3 rings (SSSR count). The van der Waals surface area contributed by atoms with Crippen LogP contribution in [0.15, 0.2) is 66.7 Å². The predicted octanol–water partition coefficient (Wildman–Crippen LogP) is 5.18. The Balaban J connectivity index is 1.96. The maximum atomic E-state index is 10.8. The van der Waals surface area contributed by atoms with Gasteiger partial charge in [-0.1, -0.05) is 60.1 Å². The largest absolute Gasteiger partial charge is 0.478 e. The van der Waals surface area contributed by atoms with E-state index in [1.807, 2.05) is 24.3 Å². The molecule has 0 amide bonds. The Hall–Kier alpha value is -2.58. The summed E-state index contributed by atoms with van der Waals surface area (Å²) in [5, 5.41) is 11.8. The molecule has 0 atom stereocenters. The molecule has 3 heteroatoms. The molecule has 3 aromatic carbocycles. The van der Waals surface area contributed by atoms with E-state index in [1.165, 1.54) is 16.3 Å². The van der Waals surface area contributed by atoms with E-state index in [0.717, 1.165) is 23.6 Å². The third-order valence-corrected chi connectivity index (χ3v) is 3.96. The SMILES string of the molecule is O=C(O)C=Cc1cc(Cl)ccc1Cc1ccc2ccccc2c1. The van der Waals surface area contributed by atoms with Crippen LogP contribution in [0.25, 0.3) is 16.8 Å². The fraction of sp³-hybridized carbons (Fsp3) is 0.0500. The van der Waals surface area contributed by atoms with Gasteiger partial charge in [0.15, 0.2) is 0 Å². The summed E-state index contributed by atoms with van der Waals surface area (Å²) in [4.78, 5) is 10.8. The average molecular weight is 323 g/mol. The number of benzene rings is 3. The number of hydrogen-bond acceptors (Lipinski definition) is 1. The normalized spacial score (nSPS) is 11.2. The molecule has 114 valence electrons. The van der Waals surface area contributed by atoms with E-state index in [4.69, 9.17) is 16.7 Å². The highest BCUT2D eigenvalue weighted by Crippen LogP contribution is 2.23. The molecule has 0 aromatic heterocycles. The monoisotopic (exact) mass is 322 g/mol. The van der Waals surface area contributed by atoms with Gasteiger partial charge in [-0.25, -0.2) is 4.79 Å². The summed E-state index contributed by atoms with van der Waals surface area (Å²) >= 11 is 6.03. The first-order valence-corrected chi connectivity index (χ1v) is 7.67. The lowest BCUT2D eigenvalue weighted by atomic mass is 9.97. The van der Waals surface area contributed by atoms with Gasteiger partial charge in [0, 0.05) is 11.1 Å². The van der Waals surface area contributed by atoms with Crippen molar-refractivity contribution in [3.63, 3.8) is 0 Å². The topological polar surface area (TPSA) is 37.3 Å². The first-order valence-electron chi connectivity index (χ1n) is 7.29. The van der Waals surface area contributed by atoms with E-state index >= 15 is 0 Å². The zero-order chi connectivity index (χ0) is 16.2. The summed E-state index contributed by atoms with van der Waals surface area (Å²) in [5.74, 6) is -0.971. The van der Waals surface area contributed by atoms with Gasteiger partial charge in [-0.2, -0.15) is 0 Å². The van der Waals surface area contributed by atoms with Crippen LogP contribution in [-0.2, 0) is 11.2 Å². The molecule has 0 radical (unpaired) electrons. The number of carboxylic acids is 1. The molecule has 0 fully saturated rings. The number of carboxylic acid groups (broad SMARTS) is 1. The van der Waals surface area contributed by atoms with Crippen molar-refractivity contribution < 1.29 is 9.90 Å². The Morgan fingerprint density at radius 2 is 1.78 bits per heavy atom. The molecule has 0 unspecified atom stereocenters. The van der Waals surface area contributed by atoms with Gasteiger partial charge in [0.2, 0.25) is 0 Å². The summed E-state index contributed by atoms with van der Waals surface area (Å²) in [7, 11) is 0. The molecule has 3 aromatic rings. The number of carbonyl (C=O) groups is 1. The minimum absolute atomic E-state index is 0.595. The van der Waals surface area contributed by atoms with Crippen molar-refractivity contribution in [3.8, 4) is 0 Å². The molecule has 1 N–H and O–H groups in total. The lowest BCUT2D eigenvalue weighted by molar-refractivity contribution is -0.131. The Labute approximate surface area is 139 Å². The van der Waals surface area contributed by atoms with Crippen molar-refractivity contribution in [2.45, 2.75) is 6.42 Å². The molecular formula is C20H15ClO2. The predicted molar refractivity (Wildman–Crippen MR) is 94.9 cm³/mol. The molecule has 0 aliphatic heterocycles. The van der Waals surface area contributed by atoms with Gasteiger partial charge in [-0.15, -0.1) is 0 Å². The highest BCUT2D eigenvalue weighted by atomic mass is 35.5. The number of hydrogen-bond donors (Lipinski definition) is 1. The molecule has 23 heavy (non-hydrogen) atoms. The maximum absolute atomic E-state index is 10.8. The molecule has 0 saturated heterocycles. The second-order valence-corrected chi connectivity index (χ2v) is 5.81. The summed E-state index contributed by atoms with van der Waals surface area (Å²) in [6.07, 6.45) is 3.45. The van der Waals surface area contributed by atoms with Crippen molar-refractivity contribution in [1.82, 2.24) is 0 Å². The van der Waals surface area contributed by atoms with Gasteiger partial charge in [0.05, 0.1) is 0 Å². The van der Waals surface area contributed by atoms with Gasteiger partial charge in [-0.3, -0.25) is 0 Å². The van der Waals surface area contributed by atoms with E-state index in [0.29, 0.717) is 5.02 Å². The Morgan fingerprint density at radius 3 is 2.57 bits per heavy atom. The highest BCUT2D eigenvalue weighted by molar-refractivity contribution is 6.30. The van der Waals surface area contributed by atoms with Crippen LogP contribution in [0.4, 0.5) is 0 Å². The van der Waals surface area contributed by atoms with Crippen LogP contribution in [0, 0.1) is 0 Å². The van der Waals surface area contributed by atoms with Crippen LogP contribution in [0.1, 0.15) is 16.7 Å². The smallest absolute Gasteiger partial charge is 0.328 e. The van der Waals surface area contributed by atoms with Crippen LogP contribution in [0.3, 0.4) is 0 Å². The summed E-state index contributed by atoms with van der Waals surface area (Å²) in [5.41, 5.74) is 3.05. The van der Waals surface area contributed by atoms with Crippen LogP contribution in [-0.4, -0.2) is 11.1 Å². The van der Waals surface area contributed by atoms with Crippen LogP contribution in [0.5, 0.6) is 0 Å². The fourth-order valence-electron chi connectivity index (χ4n) is 2.61. The molecular weight excluding hydrogens is 308 g/mol. The van der Waals surface area contributed by atoms with Crippen LogP contribution >= 0.6 is 11.6 Å². The third-order valence-electron chi connectivity index (χ3n) is 3.72. The molecule has 0 saturated carbocycles. The van der Waals surface area contributed by atoms with Crippen LogP contribution in [0.2, 0.25) is 5.02 Å². The zero-order valence-electron chi connectivity index (χ0n) is 12.4. The van der Waals surface area contributed by atoms with E-state index in [2.05, 4.69) is 30.3 Å². The van der Waals surface area contributed by atoms with Gasteiger partial charge < -0.3 is 5.11 Å². The molecule has 0 bridgehead atoms. The van der Waals surface area contributed by atoms with Gasteiger partial charge >= 0.3 is 5.97 Å². The Kier molecular flexibility index (Phi) is 4.45. The minimum atomic E-state index is -0.971. The average Bonchev–Trinajstić information content (AvgIpc) is 2.55. The first kappa shape index (κ1) is 15.3. The van der Waals surface area contributed by atoms with Gasteiger partial charge in [0.1, 0.15) is 0 Å². The van der Waals surface area contributed by atoms with Crippen LogP contribution < -0.4 is 0 Å². The fourth-order valence-corrected chi connectivity index (χ4v) is 2.79. The zero-order valence-corrected chi connectivity index (χ0v) is 13.1. The molecule has 0 aliphatic carbocycles. The van der Waals surface area contributed by atoms with Crippen molar-refractivity contribution in [3.05, 3.63) is 88.5 Å². The second kappa shape index (κ2) is 6.67. The van der Waals surface area contributed by atoms with Crippen molar-refractivity contribution >= 4 is 34.4 Å². The van der Waals surface area contributed by atoms with Gasteiger partial charge in [0.25, 0.3) is 0 Å². The van der Waals surface area contributed by atoms with E-state index in [-0.39, 0.29) is 0 Å². The number of aliphatic carboxylic acids is 1. The highest BCUT2D eigenvalue weighted by Gasteiger charge is 2.04. The summed E-state index contributed by atoms with van der Waals surface area (Å²) < 4.78 is 0. The van der Waals surface area contributed by atoms with Gasteiger partial charge in [-0.05, 0) is 52.1 Å². The summed E-state index contributed by atoms with van der Waals surface area (Å²) in [6, 6.07) is 20.1. The molecule has 0 aliphatic rings. The number of halogens is 1. The standard InChI is InChI=1S/C20H15ClO2/c21-19-9-7-17(18(13-19)8-10-20(22)23)12-14-5-6-15-3-1-2-4-16(15)11-14/h1-11,13H,12H2,(H,22,23). The quantitative estimate of drug-likeness (QED) is 0.672. The lowest BCUT2D eigenvalue weighted by Crippen LogP contribution is -1.93. The van der Waals surface area contributed by atoms with Crippen molar-refractivity contribution in [1.29, 1.82) is 0 Å². The number of rotatable bonds is 4. The second-order valence-electron chi connectivity index (χ2n) is 5.37. The van der Waals surface area contributed by atoms with Crippen molar-refractivity contribution in [2.24, 2.45) is 0 Å². The van der Waals surface area contributed by atoms with E-state index < -0.39 is 5.97 Å².